The smallest absolute Gasteiger partial charge is 0.296 e. The highest BCUT2D eigenvalue weighted by Crippen LogP contribution is 2.44. The number of nitrogens with one attached hydrogen (secondary N) is 1. The molecule has 0 fully saturated rings. The average Bonchev–Trinajstić information content (AvgIpc) is 3.09. The van der Waals surface area contributed by atoms with E-state index >= 15 is 0 Å². The molecule has 16 nitrogen and oxygen atoms in total. The van der Waals surface area contributed by atoms with Crippen molar-refractivity contribution in [1.29, 1.82) is 0 Å². The zero-order valence-corrected chi connectivity index (χ0v) is 27.5. The Hall–Kier alpha value is -6.85. The van der Waals surface area contributed by atoms with Crippen LogP contribution in [0.1, 0.15) is 0 Å². The predicted octanol–water partition coefficient (Wildman–Crippen LogP) is 10.1. The number of fused-ring (bicyclic) bond motifs is 2. The predicted molar refractivity (Wildman–Crippen MR) is 190 cm³/mol. The Bertz CT molecular complexity index is 2570. The van der Waals surface area contributed by atoms with Crippen molar-refractivity contribution in [1.82, 2.24) is 0 Å². The van der Waals surface area contributed by atoms with Crippen LogP contribution in [0.5, 0.6) is 23.0 Å². The first-order valence-corrected chi connectivity index (χ1v) is 16.3. The Labute approximate surface area is 289 Å². The Kier molecular flexibility index (Phi) is 9.30. The van der Waals surface area contributed by atoms with Gasteiger partial charge in [-0.25, -0.2) is 0 Å². The molecule has 0 saturated carbocycles. The number of nitrogens with zero attached hydrogens (tertiary/aromatic N) is 8. The molecule has 6 N–H and O–H groups in total. The standard InChI is InChI=1S/C34H27N9O7S/c1-35-38-22-6-11-26(29(44)16-22)40-42-28-10-3-18-13-20(4-8-24(18)33(28)46)37-21-5-9-25-19(14-21)15-31(51(48,49)50)32(34(25)47)43-41-27-12-7-23(39-36-2)17-30(27)45/h3-17,37,44-47H,1-2H3,(H,48,49,50). The normalized spacial score (nSPS) is 12.4. The van der Waals surface area contributed by atoms with Gasteiger partial charge in [-0.2, -0.15) is 28.9 Å². The molecule has 0 spiro atoms. The molecule has 256 valence electrons. The molecule has 6 aromatic carbocycles. The summed E-state index contributed by atoms with van der Waals surface area (Å²) in [6, 6.07) is 23.0. The van der Waals surface area contributed by atoms with Crippen LogP contribution >= 0.6 is 0 Å². The van der Waals surface area contributed by atoms with Gasteiger partial charge in [0.2, 0.25) is 0 Å². The molecule has 0 atom stereocenters. The lowest BCUT2D eigenvalue weighted by Crippen LogP contribution is -1.99. The quantitative estimate of drug-likeness (QED) is 0.0622. The van der Waals surface area contributed by atoms with Gasteiger partial charge in [0.1, 0.15) is 39.1 Å². The minimum atomic E-state index is -4.89. The van der Waals surface area contributed by atoms with Crippen LogP contribution in [-0.4, -0.2) is 47.5 Å². The van der Waals surface area contributed by atoms with Gasteiger partial charge in [0.15, 0.2) is 11.5 Å². The van der Waals surface area contributed by atoms with Gasteiger partial charge in [-0.15, -0.1) is 20.5 Å². The minimum Gasteiger partial charge on any atom is -0.506 e. The number of hydrogen-bond donors (Lipinski definition) is 6. The molecule has 0 aromatic heterocycles. The highest BCUT2D eigenvalue weighted by atomic mass is 32.2. The highest BCUT2D eigenvalue weighted by molar-refractivity contribution is 7.86. The van der Waals surface area contributed by atoms with E-state index in [9.17, 15) is 33.4 Å². The van der Waals surface area contributed by atoms with E-state index < -0.39 is 26.5 Å². The number of aromatic hydroxyl groups is 4. The lowest BCUT2D eigenvalue weighted by molar-refractivity contribution is 0.471. The Morgan fingerprint density at radius 3 is 1.59 bits per heavy atom. The number of azo groups is 4. The van der Waals surface area contributed by atoms with Crippen molar-refractivity contribution in [3.05, 3.63) is 91.0 Å². The topological polar surface area (TPSA) is 246 Å². The Morgan fingerprint density at radius 1 is 0.529 bits per heavy atom. The van der Waals surface area contributed by atoms with E-state index in [2.05, 4.69) is 46.2 Å². The monoisotopic (exact) mass is 705 g/mol. The summed E-state index contributed by atoms with van der Waals surface area (Å²) in [7, 11) is -1.91. The summed E-state index contributed by atoms with van der Waals surface area (Å²) in [6.45, 7) is 0. The molecule has 0 aliphatic heterocycles. The van der Waals surface area contributed by atoms with Gasteiger partial charge in [0, 0.05) is 48.4 Å². The largest absolute Gasteiger partial charge is 0.506 e. The fraction of sp³-hybridized carbons (Fsp3) is 0.0588. The third-order valence-corrected chi connectivity index (χ3v) is 8.33. The molecule has 0 amide bonds. The number of phenolic OH excluding ortho intramolecular Hbond substituents is 4. The highest BCUT2D eigenvalue weighted by Gasteiger charge is 2.22. The molecule has 0 unspecified atom stereocenters. The molecule has 17 heteroatoms. The van der Waals surface area contributed by atoms with Crippen LogP contribution in [0, 0.1) is 0 Å². The van der Waals surface area contributed by atoms with Gasteiger partial charge >= 0.3 is 0 Å². The van der Waals surface area contributed by atoms with Crippen molar-refractivity contribution in [2.45, 2.75) is 4.90 Å². The van der Waals surface area contributed by atoms with Gasteiger partial charge in [0.25, 0.3) is 10.1 Å². The van der Waals surface area contributed by atoms with Crippen molar-refractivity contribution < 1.29 is 33.4 Å². The maximum atomic E-state index is 12.4. The van der Waals surface area contributed by atoms with E-state index in [4.69, 9.17) is 0 Å². The number of rotatable bonds is 9. The molecule has 6 rings (SSSR count). The zero-order chi connectivity index (χ0) is 36.3. The molecule has 0 saturated heterocycles. The van der Waals surface area contributed by atoms with E-state index in [0.29, 0.717) is 33.5 Å². The van der Waals surface area contributed by atoms with Crippen LogP contribution in [0.2, 0.25) is 0 Å². The summed E-state index contributed by atoms with van der Waals surface area (Å²) in [4.78, 5) is -0.700. The molecule has 0 aliphatic rings. The first-order valence-electron chi connectivity index (χ1n) is 14.8. The second-order valence-electron chi connectivity index (χ2n) is 10.8. The van der Waals surface area contributed by atoms with Gasteiger partial charge in [-0.3, -0.25) is 4.55 Å². The van der Waals surface area contributed by atoms with E-state index in [1.54, 1.807) is 48.5 Å². The van der Waals surface area contributed by atoms with E-state index in [1.807, 2.05) is 0 Å². The number of benzene rings is 6. The lowest BCUT2D eigenvalue weighted by Gasteiger charge is -2.12. The minimum absolute atomic E-state index is 0.0443. The number of anilines is 2. The zero-order valence-electron chi connectivity index (χ0n) is 26.7. The van der Waals surface area contributed by atoms with Crippen molar-refractivity contribution in [2.24, 2.45) is 40.9 Å². The van der Waals surface area contributed by atoms with Crippen LogP contribution in [0.25, 0.3) is 21.5 Å². The summed E-state index contributed by atoms with van der Waals surface area (Å²) in [6.07, 6.45) is 0. The molecule has 51 heavy (non-hydrogen) atoms. The fourth-order valence-electron chi connectivity index (χ4n) is 5.11. The molecule has 0 radical (unpaired) electrons. The second-order valence-corrected chi connectivity index (χ2v) is 12.2. The van der Waals surface area contributed by atoms with Crippen LogP contribution in [0.3, 0.4) is 0 Å². The number of phenols is 4. The summed E-state index contributed by atoms with van der Waals surface area (Å²) in [5.41, 5.74) is 1.71. The summed E-state index contributed by atoms with van der Waals surface area (Å²) >= 11 is 0. The summed E-state index contributed by atoms with van der Waals surface area (Å²) < 4.78 is 34.7. The molecule has 0 aliphatic carbocycles. The van der Waals surface area contributed by atoms with Crippen molar-refractivity contribution in [3.8, 4) is 23.0 Å². The molecular formula is C34H27N9O7S. The summed E-state index contributed by atoms with van der Waals surface area (Å²) in [5, 5.41) is 78.1. The van der Waals surface area contributed by atoms with E-state index in [-0.39, 0.29) is 45.1 Å². The maximum Gasteiger partial charge on any atom is 0.296 e. The van der Waals surface area contributed by atoms with Gasteiger partial charge in [0.05, 0.1) is 11.4 Å². The van der Waals surface area contributed by atoms with Crippen LogP contribution < -0.4 is 5.32 Å². The third kappa shape index (κ3) is 7.28. The van der Waals surface area contributed by atoms with Gasteiger partial charge in [-0.1, -0.05) is 6.07 Å². The van der Waals surface area contributed by atoms with Crippen LogP contribution in [0.15, 0.2) is 137 Å². The molecule has 6 aromatic rings. The first kappa shape index (κ1) is 34.0. The third-order valence-electron chi connectivity index (χ3n) is 7.46. The molecule has 0 heterocycles. The van der Waals surface area contributed by atoms with Crippen molar-refractivity contribution in [2.75, 3.05) is 19.4 Å². The molecular weight excluding hydrogens is 678 g/mol. The average molecular weight is 706 g/mol. The van der Waals surface area contributed by atoms with Crippen LogP contribution in [-0.2, 0) is 10.1 Å². The van der Waals surface area contributed by atoms with E-state index in [0.717, 1.165) is 6.07 Å². The van der Waals surface area contributed by atoms with Gasteiger partial charge < -0.3 is 25.7 Å². The lowest BCUT2D eigenvalue weighted by atomic mass is 10.1. The van der Waals surface area contributed by atoms with Crippen molar-refractivity contribution in [3.63, 3.8) is 0 Å². The van der Waals surface area contributed by atoms with Crippen LogP contribution in [0.4, 0.5) is 45.5 Å². The van der Waals surface area contributed by atoms with E-state index in [1.165, 1.54) is 50.5 Å². The van der Waals surface area contributed by atoms with Crippen molar-refractivity contribution >= 4 is 77.2 Å². The summed E-state index contributed by atoms with van der Waals surface area (Å²) in [5.74, 6) is -1.15. The Balaban J connectivity index is 1.28. The SMILES string of the molecule is CN=Nc1ccc(N=Nc2ccc3cc(Nc4ccc5c(O)c(N=Nc6ccc(N=NC)cc6O)c(S(=O)(=O)O)cc5c4)ccc3c2O)c(O)c1. The second kappa shape index (κ2) is 13.9. The Morgan fingerprint density at radius 2 is 1.04 bits per heavy atom. The maximum absolute atomic E-state index is 12.4. The first-order chi connectivity index (χ1) is 24.4. The molecule has 0 bridgehead atoms. The van der Waals surface area contributed by atoms with Gasteiger partial charge in [-0.05, 0) is 83.6 Å². The number of hydrogen-bond acceptors (Lipinski definition) is 15. The fourth-order valence-corrected chi connectivity index (χ4v) is 5.77.